The van der Waals surface area contributed by atoms with Crippen LogP contribution in [-0.2, 0) is 0 Å². The molecule has 0 aliphatic rings. The standard InChI is InChI=1S/C12H11Cl2N3/c1-17(2)12-15-10(13)9(11(14)16-12)8-6-4-3-5-7-8/h3-7H,1-2H3. The van der Waals surface area contributed by atoms with E-state index in [-0.39, 0.29) is 0 Å². The van der Waals surface area contributed by atoms with Crippen LogP contribution in [0.15, 0.2) is 30.3 Å². The molecule has 5 heteroatoms. The van der Waals surface area contributed by atoms with Gasteiger partial charge in [-0.15, -0.1) is 0 Å². The third kappa shape index (κ3) is 2.51. The van der Waals surface area contributed by atoms with Gasteiger partial charge in [0.25, 0.3) is 0 Å². The number of anilines is 1. The van der Waals surface area contributed by atoms with Gasteiger partial charge >= 0.3 is 0 Å². The van der Waals surface area contributed by atoms with Crippen LogP contribution >= 0.6 is 23.2 Å². The summed E-state index contributed by atoms with van der Waals surface area (Å²) >= 11 is 12.3. The van der Waals surface area contributed by atoms with Crippen LogP contribution < -0.4 is 4.90 Å². The minimum atomic E-state index is 0.361. The second-order valence-corrected chi connectivity index (χ2v) is 4.46. The first-order valence-electron chi connectivity index (χ1n) is 5.05. The van der Waals surface area contributed by atoms with Gasteiger partial charge in [-0.1, -0.05) is 53.5 Å². The van der Waals surface area contributed by atoms with E-state index in [1.165, 1.54) is 0 Å². The maximum Gasteiger partial charge on any atom is 0.227 e. The molecule has 0 saturated heterocycles. The average molecular weight is 268 g/mol. The summed E-state index contributed by atoms with van der Waals surface area (Å²) in [4.78, 5) is 10.2. The molecule has 0 amide bonds. The van der Waals surface area contributed by atoms with E-state index >= 15 is 0 Å². The molecular weight excluding hydrogens is 257 g/mol. The van der Waals surface area contributed by atoms with Crippen LogP contribution in [0.3, 0.4) is 0 Å². The number of rotatable bonds is 2. The van der Waals surface area contributed by atoms with Crippen LogP contribution in [0.5, 0.6) is 0 Å². The van der Waals surface area contributed by atoms with Gasteiger partial charge in [0, 0.05) is 14.1 Å². The summed E-state index contributed by atoms with van der Waals surface area (Å²) in [6.07, 6.45) is 0. The molecule has 1 aromatic heterocycles. The number of halogens is 2. The van der Waals surface area contributed by atoms with Gasteiger partial charge < -0.3 is 4.90 Å². The molecule has 88 valence electrons. The quantitative estimate of drug-likeness (QED) is 0.780. The van der Waals surface area contributed by atoms with Crippen molar-refractivity contribution in [1.29, 1.82) is 0 Å². The summed E-state index contributed by atoms with van der Waals surface area (Å²) in [5.74, 6) is 0.500. The Hall–Kier alpha value is -1.32. The van der Waals surface area contributed by atoms with E-state index in [0.29, 0.717) is 21.8 Å². The number of aromatic nitrogens is 2. The Morgan fingerprint density at radius 2 is 1.47 bits per heavy atom. The van der Waals surface area contributed by atoms with E-state index in [2.05, 4.69) is 9.97 Å². The molecular formula is C12H11Cl2N3. The fourth-order valence-electron chi connectivity index (χ4n) is 1.44. The first-order valence-corrected chi connectivity index (χ1v) is 5.81. The first-order chi connectivity index (χ1) is 8.09. The van der Waals surface area contributed by atoms with E-state index < -0.39 is 0 Å². The van der Waals surface area contributed by atoms with Crippen molar-refractivity contribution in [2.75, 3.05) is 19.0 Å². The Bertz CT molecular complexity index is 504. The molecule has 0 N–H and O–H groups in total. The highest BCUT2D eigenvalue weighted by atomic mass is 35.5. The van der Waals surface area contributed by atoms with Gasteiger partial charge in [0.2, 0.25) is 5.95 Å². The minimum Gasteiger partial charge on any atom is -0.347 e. The zero-order chi connectivity index (χ0) is 12.4. The predicted molar refractivity (Wildman–Crippen MR) is 71.8 cm³/mol. The molecule has 0 spiro atoms. The van der Waals surface area contributed by atoms with E-state index in [4.69, 9.17) is 23.2 Å². The molecule has 0 radical (unpaired) electrons. The lowest BCUT2D eigenvalue weighted by Gasteiger charge is -2.13. The molecule has 0 aliphatic heterocycles. The summed E-state index contributed by atoms with van der Waals surface area (Å²) in [5.41, 5.74) is 1.58. The summed E-state index contributed by atoms with van der Waals surface area (Å²) in [7, 11) is 3.67. The fraction of sp³-hybridized carbons (Fsp3) is 0.167. The molecule has 0 aliphatic carbocycles. The second kappa shape index (κ2) is 4.90. The van der Waals surface area contributed by atoms with Crippen LogP contribution in [0.1, 0.15) is 0 Å². The number of hydrogen-bond donors (Lipinski definition) is 0. The zero-order valence-corrected chi connectivity index (χ0v) is 11.0. The number of hydrogen-bond acceptors (Lipinski definition) is 3. The smallest absolute Gasteiger partial charge is 0.227 e. The van der Waals surface area contributed by atoms with E-state index in [9.17, 15) is 0 Å². The van der Waals surface area contributed by atoms with E-state index in [1.807, 2.05) is 44.4 Å². The summed E-state index contributed by atoms with van der Waals surface area (Å²) < 4.78 is 0. The molecule has 2 rings (SSSR count). The summed E-state index contributed by atoms with van der Waals surface area (Å²) in [6, 6.07) is 9.61. The lowest BCUT2D eigenvalue weighted by molar-refractivity contribution is 1.00. The van der Waals surface area contributed by atoms with Crippen molar-refractivity contribution in [3.05, 3.63) is 40.6 Å². The van der Waals surface area contributed by atoms with Gasteiger partial charge in [-0.05, 0) is 5.56 Å². The van der Waals surface area contributed by atoms with Crippen LogP contribution in [0.2, 0.25) is 10.3 Å². The largest absolute Gasteiger partial charge is 0.347 e. The Morgan fingerprint density at radius 3 is 1.94 bits per heavy atom. The van der Waals surface area contributed by atoms with Gasteiger partial charge in [0.05, 0.1) is 5.56 Å². The van der Waals surface area contributed by atoms with Crippen LogP contribution in [0.4, 0.5) is 5.95 Å². The maximum atomic E-state index is 6.15. The molecule has 1 aromatic carbocycles. The Labute approximate surface area is 110 Å². The van der Waals surface area contributed by atoms with E-state index in [0.717, 1.165) is 5.56 Å². The topological polar surface area (TPSA) is 29.0 Å². The fourth-order valence-corrected chi connectivity index (χ4v) is 2.04. The predicted octanol–water partition coefficient (Wildman–Crippen LogP) is 3.52. The Balaban J connectivity index is 2.57. The van der Waals surface area contributed by atoms with Gasteiger partial charge in [0.1, 0.15) is 10.3 Å². The molecule has 0 saturated carbocycles. The van der Waals surface area contributed by atoms with E-state index in [1.54, 1.807) is 4.90 Å². The van der Waals surface area contributed by atoms with Crippen molar-refractivity contribution >= 4 is 29.2 Å². The molecule has 0 fully saturated rings. The molecule has 0 bridgehead atoms. The molecule has 2 aromatic rings. The van der Waals surface area contributed by atoms with Crippen LogP contribution in [0, 0.1) is 0 Å². The third-order valence-electron chi connectivity index (χ3n) is 2.27. The lowest BCUT2D eigenvalue weighted by Crippen LogP contribution is -2.13. The maximum absolute atomic E-state index is 6.15. The molecule has 1 heterocycles. The zero-order valence-electron chi connectivity index (χ0n) is 9.48. The highest BCUT2D eigenvalue weighted by Crippen LogP contribution is 2.33. The second-order valence-electron chi connectivity index (χ2n) is 3.74. The molecule has 0 unspecified atom stereocenters. The summed E-state index contributed by atoms with van der Waals surface area (Å²) in [6.45, 7) is 0. The van der Waals surface area contributed by atoms with Gasteiger partial charge in [-0.3, -0.25) is 0 Å². The van der Waals surface area contributed by atoms with Crippen molar-refractivity contribution in [1.82, 2.24) is 9.97 Å². The monoisotopic (exact) mass is 267 g/mol. The SMILES string of the molecule is CN(C)c1nc(Cl)c(-c2ccccc2)c(Cl)n1. The average Bonchev–Trinajstić information content (AvgIpc) is 2.29. The highest BCUT2D eigenvalue weighted by molar-refractivity contribution is 6.37. The minimum absolute atomic E-state index is 0.361. The number of nitrogens with zero attached hydrogens (tertiary/aromatic N) is 3. The van der Waals surface area contributed by atoms with Gasteiger partial charge in [0.15, 0.2) is 0 Å². The third-order valence-corrected chi connectivity index (χ3v) is 2.82. The van der Waals surface area contributed by atoms with Crippen molar-refractivity contribution in [2.24, 2.45) is 0 Å². The first kappa shape index (κ1) is 12.1. The normalized spacial score (nSPS) is 10.4. The van der Waals surface area contributed by atoms with Crippen molar-refractivity contribution in [3.8, 4) is 11.1 Å². The van der Waals surface area contributed by atoms with Crippen molar-refractivity contribution in [3.63, 3.8) is 0 Å². The van der Waals surface area contributed by atoms with Crippen molar-refractivity contribution in [2.45, 2.75) is 0 Å². The molecule has 17 heavy (non-hydrogen) atoms. The lowest BCUT2D eigenvalue weighted by atomic mass is 10.1. The Morgan fingerprint density at radius 1 is 0.941 bits per heavy atom. The van der Waals surface area contributed by atoms with Crippen LogP contribution in [0.25, 0.3) is 11.1 Å². The molecule has 3 nitrogen and oxygen atoms in total. The Kier molecular flexibility index (Phi) is 3.50. The molecule has 0 atom stereocenters. The number of benzene rings is 1. The highest BCUT2D eigenvalue weighted by Gasteiger charge is 2.14. The van der Waals surface area contributed by atoms with Crippen LogP contribution in [-0.4, -0.2) is 24.1 Å². The van der Waals surface area contributed by atoms with Gasteiger partial charge in [-0.2, -0.15) is 0 Å². The van der Waals surface area contributed by atoms with Crippen molar-refractivity contribution < 1.29 is 0 Å². The van der Waals surface area contributed by atoms with Gasteiger partial charge in [-0.25, -0.2) is 9.97 Å². The summed E-state index contributed by atoms with van der Waals surface area (Å²) in [5, 5.41) is 0.722.